The summed E-state index contributed by atoms with van der Waals surface area (Å²) in [5.41, 5.74) is 3.56. The highest BCUT2D eigenvalue weighted by molar-refractivity contribution is 9.10. The first-order valence-electron chi connectivity index (χ1n) is 5.76. The Bertz CT molecular complexity index is 599. The largest absolute Gasteiger partial charge is 0.495 e. The third-order valence-electron chi connectivity index (χ3n) is 2.97. The number of hydrogen-bond donors (Lipinski definition) is 0. The first kappa shape index (κ1) is 14.9. The van der Waals surface area contributed by atoms with E-state index < -0.39 is 0 Å². The molecule has 0 N–H and O–H groups in total. The van der Waals surface area contributed by atoms with Crippen molar-refractivity contribution in [2.75, 3.05) is 7.11 Å². The van der Waals surface area contributed by atoms with Crippen LogP contribution in [0.4, 0.5) is 0 Å². The molecule has 100 valence electrons. The number of methoxy groups -OCH3 is 1. The SMILES string of the molecule is COc1ccc(C(Br)c2ccc(Br)cc2C)cc1Cl. The van der Waals surface area contributed by atoms with Crippen molar-refractivity contribution in [3.05, 3.63) is 62.6 Å². The molecule has 0 saturated heterocycles. The van der Waals surface area contributed by atoms with Gasteiger partial charge in [-0.1, -0.05) is 55.6 Å². The number of ether oxygens (including phenoxy) is 1. The van der Waals surface area contributed by atoms with Crippen molar-refractivity contribution >= 4 is 43.5 Å². The summed E-state index contributed by atoms with van der Waals surface area (Å²) in [5, 5.41) is 0.624. The predicted octanol–water partition coefficient (Wildman–Crippen LogP) is 5.90. The van der Waals surface area contributed by atoms with Gasteiger partial charge in [0.1, 0.15) is 5.75 Å². The number of rotatable bonds is 3. The highest BCUT2D eigenvalue weighted by atomic mass is 79.9. The van der Waals surface area contributed by atoms with Crippen molar-refractivity contribution < 1.29 is 4.74 Å². The lowest BCUT2D eigenvalue weighted by Crippen LogP contribution is -1.96. The monoisotopic (exact) mass is 402 g/mol. The highest BCUT2D eigenvalue weighted by Gasteiger charge is 2.14. The molecule has 0 aliphatic heterocycles. The number of hydrogen-bond acceptors (Lipinski definition) is 1. The average molecular weight is 405 g/mol. The molecule has 0 fully saturated rings. The fraction of sp³-hybridized carbons (Fsp3) is 0.200. The molecule has 19 heavy (non-hydrogen) atoms. The molecule has 0 aromatic heterocycles. The summed E-state index contributed by atoms with van der Waals surface area (Å²) in [4.78, 5) is 0.115. The Labute approximate surface area is 135 Å². The number of aryl methyl sites for hydroxylation is 1. The van der Waals surface area contributed by atoms with E-state index in [-0.39, 0.29) is 4.83 Å². The van der Waals surface area contributed by atoms with E-state index in [0.29, 0.717) is 10.8 Å². The van der Waals surface area contributed by atoms with E-state index in [4.69, 9.17) is 16.3 Å². The molecule has 0 aliphatic rings. The molecule has 0 amide bonds. The second kappa shape index (κ2) is 6.29. The van der Waals surface area contributed by atoms with Crippen molar-refractivity contribution in [3.8, 4) is 5.75 Å². The second-order valence-electron chi connectivity index (χ2n) is 4.26. The Morgan fingerprint density at radius 3 is 2.47 bits per heavy atom. The lowest BCUT2D eigenvalue weighted by Gasteiger charge is -2.15. The Morgan fingerprint density at radius 2 is 1.89 bits per heavy atom. The second-order valence-corrected chi connectivity index (χ2v) is 6.50. The molecule has 0 saturated carbocycles. The van der Waals surface area contributed by atoms with E-state index in [0.717, 1.165) is 10.0 Å². The van der Waals surface area contributed by atoms with Crippen LogP contribution in [0.25, 0.3) is 0 Å². The van der Waals surface area contributed by atoms with Gasteiger partial charge in [0, 0.05) is 4.47 Å². The Balaban J connectivity index is 2.38. The molecular weight excluding hydrogens is 391 g/mol. The normalized spacial score (nSPS) is 12.3. The minimum absolute atomic E-state index is 0.115. The zero-order chi connectivity index (χ0) is 14.0. The predicted molar refractivity (Wildman–Crippen MR) is 87.7 cm³/mol. The summed E-state index contributed by atoms with van der Waals surface area (Å²) in [6, 6.07) is 12.1. The third kappa shape index (κ3) is 3.33. The van der Waals surface area contributed by atoms with Crippen molar-refractivity contribution in [1.82, 2.24) is 0 Å². The topological polar surface area (TPSA) is 9.23 Å². The van der Waals surface area contributed by atoms with Crippen molar-refractivity contribution in [3.63, 3.8) is 0 Å². The molecule has 1 unspecified atom stereocenters. The molecule has 0 radical (unpaired) electrons. The Kier molecular flexibility index (Phi) is 4.93. The maximum atomic E-state index is 6.17. The van der Waals surface area contributed by atoms with Gasteiger partial charge in [-0.05, 0) is 47.9 Å². The minimum Gasteiger partial charge on any atom is -0.495 e. The quantitative estimate of drug-likeness (QED) is 0.579. The average Bonchev–Trinajstić information content (AvgIpc) is 2.38. The molecule has 1 nitrogen and oxygen atoms in total. The van der Waals surface area contributed by atoms with Gasteiger partial charge >= 0.3 is 0 Å². The summed E-state index contributed by atoms with van der Waals surface area (Å²) in [6.07, 6.45) is 0. The molecule has 0 spiro atoms. The molecule has 0 bridgehead atoms. The van der Waals surface area contributed by atoms with E-state index in [1.807, 2.05) is 24.3 Å². The minimum atomic E-state index is 0.115. The third-order valence-corrected chi connectivity index (χ3v) is 4.78. The van der Waals surface area contributed by atoms with Crippen LogP contribution in [-0.2, 0) is 0 Å². The number of benzene rings is 2. The molecule has 4 heteroatoms. The lowest BCUT2D eigenvalue weighted by molar-refractivity contribution is 0.415. The van der Waals surface area contributed by atoms with Crippen LogP contribution in [0.2, 0.25) is 5.02 Å². The van der Waals surface area contributed by atoms with Crippen LogP contribution < -0.4 is 4.74 Å². The van der Waals surface area contributed by atoms with Gasteiger partial charge in [0.25, 0.3) is 0 Å². The van der Waals surface area contributed by atoms with Gasteiger partial charge < -0.3 is 4.74 Å². The zero-order valence-corrected chi connectivity index (χ0v) is 14.5. The van der Waals surface area contributed by atoms with Gasteiger partial charge in [0.05, 0.1) is 17.0 Å². The van der Waals surface area contributed by atoms with Crippen LogP contribution >= 0.6 is 43.5 Å². The first-order chi connectivity index (χ1) is 9.02. The van der Waals surface area contributed by atoms with Gasteiger partial charge in [-0.3, -0.25) is 0 Å². The molecule has 1 atom stereocenters. The molecular formula is C15H13Br2ClO. The van der Waals surface area contributed by atoms with Gasteiger partial charge in [-0.2, -0.15) is 0 Å². The van der Waals surface area contributed by atoms with Gasteiger partial charge in [-0.15, -0.1) is 0 Å². The summed E-state index contributed by atoms with van der Waals surface area (Å²) >= 11 is 13.4. The molecule has 2 rings (SSSR count). The standard InChI is InChI=1S/C15H13Br2ClO/c1-9-7-11(16)4-5-12(9)15(17)10-3-6-14(19-2)13(18)8-10/h3-8,15H,1-2H3. The summed E-state index contributed by atoms with van der Waals surface area (Å²) < 4.78 is 6.26. The van der Waals surface area contributed by atoms with Crippen molar-refractivity contribution in [2.45, 2.75) is 11.8 Å². The maximum Gasteiger partial charge on any atom is 0.137 e. The fourth-order valence-corrected chi connectivity index (χ4v) is 3.48. The number of halogens is 3. The van der Waals surface area contributed by atoms with Crippen LogP contribution in [0.15, 0.2) is 40.9 Å². The van der Waals surface area contributed by atoms with Crippen LogP contribution in [0, 0.1) is 6.92 Å². The van der Waals surface area contributed by atoms with E-state index in [1.165, 1.54) is 11.1 Å². The van der Waals surface area contributed by atoms with E-state index in [9.17, 15) is 0 Å². The molecule has 2 aromatic carbocycles. The summed E-state index contributed by atoms with van der Waals surface area (Å²) in [7, 11) is 1.62. The molecule has 0 heterocycles. The Morgan fingerprint density at radius 1 is 1.16 bits per heavy atom. The van der Waals surface area contributed by atoms with Crippen LogP contribution in [0.1, 0.15) is 21.5 Å². The van der Waals surface area contributed by atoms with Gasteiger partial charge in [-0.25, -0.2) is 0 Å². The summed E-state index contributed by atoms with van der Waals surface area (Å²) in [5.74, 6) is 0.692. The van der Waals surface area contributed by atoms with Crippen LogP contribution in [0.5, 0.6) is 5.75 Å². The van der Waals surface area contributed by atoms with Gasteiger partial charge in [0.2, 0.25) is 0 Å². The van der Waals surface area contributed by atoms with E-state index in [2.05, 4.69) is 50.9 Å². The van der Waals surface area contributed by atoms with Crippen molar-refractivity contribution in [2.24, 2.45) is 0 Å². The van der Waals surface area contributed by atoms with Gasteiger partial charge in [0.15, 0.2) is 0 Å². The zero-order valence-electron chi connectivity index (χ0n) is 10.6. The van der Waals surface area contributed by atoms with E-state index >= 15 is 0 Å². The van der Waals surface area contributed by atoms with Crippen LogP contribution in [-0.4, -0.2) is 7.11 Å². The van der Waals surface area contributed by atoms with Crippen molar-refractivity contribution in [1.29, 1.82) is 0 Å². The number of alkyl halides is 1. The maximum absolute atomic E-state index is 6.17. The molecule has 0 aliphatic carbocycles. The van der Waals surface area contributed by atoms with E-state index in [1.54, 1.807) is 7.11 Å². The molecule has 2 aromatic rings. The fourth-order valence-electron chi connectivity index (χ4n) is 1.94. The highest BCUT2D eigenvalue weighted by Crippen LogP contribution is 2.37. The Hall–Kier alpha value is -0.510. The first-order valence-corrected chi connectivity index (χ1v) is 7.85. The van der Waals surface area contributed by atoms with Crippen LogP contribution in [0.3, 0.4) is 0 Å². The summed E-state index contributed by atoms with van der Waals surface area (Å²) in [6.45, 7) is 2.10. The smallest absolute Gasteiger partial charge is 0.137 e. The lowest BCUT2D eigenvalue weighted by atomic mass is 10.0.